The molecule has 0 amide bonds. The van der Waals surface area contributed by atoms with Gasteiger partial charge < -0.3 is 4.74 Å². The first-order chi connectivity index (χ1) is 67.0. The number of pyridine rings is 1. The van der Waals surface area contributed by atoms with Crippen molar-refractivity contribution in [3.63, 3.8) is 0 Å². The fourth-order valence-corrected chi connectivity index (χ4v) is 25.8. The lowest BCUT2D eigenvalue weighted by atomic mass is 9.79. The Balaban J connectivity index is 0.000000128. The van der Waals surface area contributed by atoms with Crippen LogP contribution in [0.3, 0.4) is 0 Å². The minimum Gasteiger partial charge on any atom is -0.496 e. The van der Waals surface area contributed by atoms with Gasteiger partial charge in [-0.15, -0.1) is 0 Å². The third kappa shape index (κ3) is 22.8. The van der Waals surface area contributed by atoms with Gasteiger partial charge in [0.25, 0.3) is 0 Å². The summed E-state index contributed by atoms with van der Waals surface area (Å²) >= 11 is 44.7. The molecule has 5 aromatic heterocycles. The number of ether oxygens (including phenoxy) is 1. The Bertz CT molecular complexity index is 7080. The molecule has 5 heterocycles. The second kappa shape index (κ2) is 45.0. The summed E-state index contributed by atoms with van der Waals surface area (Å²) in [5.41, 5.74) is 23.0. The van der Waals surface area contributed by atoms with Crippen LogP contribution >= 0.6 is 137 Å². The first kappa shape index (κ1) is 101. The van der Waals surface area contributed by atoms with Crippen molar-refractivity contribution in [2.75, 3.05) is 7.11 Å². The number of imidazole rings is 4. The van der Waals surface area contributed by atoms with Gasteiger partial charge in [-0.1, -0.05) is 211 Å². The van der Waals surface area contributed by atoms with E-state index in [0.29, 0.717) is 48.8 Å². The molecule has 0 spiro atoms. The zero-order valence-electron chi connectivity index (χ0n) is 76.7. The standard InChI is InChI=1S/C28H24Cl2F2N2S.C28H25ClF2N2OS.C27H22Br2ClFN2S.C27H24ClF3N3S/c1-16-12-21(18-6-11-23(29)17(2)14-18)27-26(13-16)33-28(34(27)20-9-7-19(31)8-10-20)35-15-22-24(30)4-3-5-25(22)32;1-17-15-18(9-14-26(17)34-2)21-5-3-8-25-27(21)33(20-12-10-19(30)11-13-20)28(32-25)35-16-22-23(29)6-4-7-24(22)31;1-16-14-17(8-13-24(16)30)20-4-2-7-25-26(20)33(19-11-9-18(31)10-12-19)27(32-25)34-15-21-22(28)5-3-6-23(21)29;1-16-12-17(6-11-22(16)28)20-4-3-5-25-26(20)34(19-9-7-18(29)8-10-19)27(32-25)35-15-21-23(30)13-33(2)14-24(21)31/h3-11,14,16,21H,12-13,15H2,1-2H3;4,6-7,9-15,21H,3,5,8,16H2,1-2H3;3,5-6,8-14,20H,2,4,7,15H2,1H3;6-14,20H,3-5,15H2,1-2H3/q;;;+1/t;21-;;/m.0../s1. The lowest BCUT2D eigenvalue weighted by molar-refractivity contribution is -0.674. The van der Waals surface area contributed by atoms with Crippen LogP contribution in [0.2, 0.25) is 25.1 Å². The van der Waals surface area contributed by atoms with Crippen molar-refractivity contribution < 1.29 is 44.4 Å². The highest BCUT2D eigenvalue weighted by Crippen LogP contribution is 2.50. The Morgan fingerprint density at radius 2 is 0.669 bits per heavy atom. The van der Waals surface area contributed by atoms with Crippen molar-refractivity contribution in [2.45, 2.75) is 173 Å². The van der Waals surface area contributed by atoms with Crippen LogP contribution in [-0.2, 0) is 55.7 Å². The molecular formula is C110H95Br2Cl5F8N9OS4+. The number of aryl methyl sites for hydroxylation is 8. The Morgan fingerprint density at radius 3 is 1.01 bits per heavy atom. The van der Waals surface area contributed by atoms with Crippen LogP contribution in [0.1, 0.15) is 188 Å². The van der Waals surface area contributed by atoms with E-state index in [1.54, 1.807) is 86.6 Å². The van der Waals surface area contributed by atoms with Gasteiger partial charge in [0, 0.05) is 120 Å². The molecule has 4 unspecified atom stereocenters. The van der Waals surface area contributed by atoms with E-state index in [-0.39, 0.29) is 69.9 Å². The molecule has 0 bridgehead atoms. The van der Waals surface area contributed by atoms with E-state index in [9.17, 15) is 35.1 Å². The molecule has 139 heavy (non-hydrogen) atoms. The second-order valence-corrected chi connectivity index (χ2v) is 42.7. The first-order valence-electron chi connectivity index (χ1n) is 45.6. The fourth-order valence-electron chi connectivity index (χ4n) is 18.9. The molecule has 0 radical (unpaired) electrons. The Morgan fingerprint density at radius 1 is 0.360 bits per heavy atom. The summed E-state index contributed by atoms with van der Waals surface area (Å²) in [5, 5.41) is 6.07. The van der Waals surface area contributed by atoms with Crippen molar-refractivity contribution in [3.05, 3.63) is 430 Å². The van der Waals surface area contributed by atoms with Crippen molar-refractivity contribution in [1.82, 2.24) is 38.2 Å². The smallest absolute Gasteiger partial charge is 0.205 e. The average Bonchev–Trinajstić information content (AvgIpc) is 1.62. The number of aromatic nitrogens is 9. The maximum atomic E-state index is 14.5. The lowest BCUT2D eigenvalue weighted by Gasteiger charge is -2.29. The first-order valence-corrected chi connectivity index (χ1v) is 53.0. The number of benzene rings is 11. The number of fused-ring (bicyclic) bond motifs is 4. The molecule has 4 aliphatic rings. The molecule has 0 N–H and O–H groups in total. The van der Waals surface area contributed by atoms with Gasteiger partial charge in [0.2, 0.25) is 12.4 Å². The largest absolute Gasteiger partial charge is 0.496 e. The molecule has 4 aliphatic carbocycles. The molecule has 0 saturated heterocycles. The maximum absolute atomic E-state index is 14.5. The number of hydrogen-bond acceptors (Lipinski definition) is 9. The van der Waals surface area contributed by atoms with Crippen LogP contribution in [0, 0.1) is 80.2 Å². The van der Waals surface area contributed by atoms with Gasteiger partial charge in [-0.2, -0.15) is 8.78 Å². The third-order valence-corrected chi connectivity index (χ3v) is 33.1. The molecule has 10 nitrogen and oxygen atoms in total. The summed E-state index contributed by atoms with van der Waals surface area (Å²) in [6, 6.07) is 66.2. The summed E-state index contributed by atoms with van der Waals surface area (Å²) in [4.78, 5) is 20.1. The van der Waals surface area contributed by atoms with E-state index in [1.165, 1.54) is 141 Å². The minimum absolute atomic E-state index is 0.00426. The van der Waals surface area contributed by atoms with Crippen LogP contribution in [0.4, 0.5) is 35.1 Å². The van der Waals surface area contributed by atoms with Gasteiger partial charge in [0.15, 0.2) is 32.3 Å². The molecule has 0 saturated carbocycles. The van der Waals surface area contributed by atoms with E-state index in [2.05, 4.69) is 107 Å². The molecule has 11 aromatic carbocycles. The SMILES string of the molecule is COc1ccc([C@@H]2CCCc3nc(SCc4c(F)cccc4Cl)n(-c4ccc(F)cc4)c32)cc1C.Cc1cc(C2CC(C)Cc3nc(SCc4c(F)cccc4Cl)n(-c4ccc(F)cc4)c32)ccc1Cl.Cc1cc(C2CCCc3nc(SCc4c(Br)cccc4Br)n(-c4ccc(F)cc4)c32)ccc1Cl.Cc1cc(C2CCCc3nc(SCc4c(F)c[n+](C)cc4F)n(-c4ccc(F)cc4)c32)ccc1Cl. The summed E-state index contributed by atoms with van der Waals surface area (Å²) in [5.74, 6) is 0.310. The molecule has 5 atom stereocenters. The average molecular weight is 2180 g/mol. The van der Waals surface area contributed by atoms with Gasteiger partial charge in [0.1, 0.15) is 47.7 Å². The van der Waals surface area contributed by atoms with Crippen LogP contribution in [0.5, 0.6) is 5.75 Å². The van der Waals surface area contributed by atoms with Crippen LogP contribution in [0.25, 0.3) is 22.7 Å². The quantitative estimate of drug-likeness (QED) is 0.0397. The fraction of sp³-hybridized carbons (Fsp3) is 0.245. The van der Waals surface area contributed by atoms with Crippen molar-refractivity contribution >= 4 is 137 Å². The van der Waals surface area contributed by atoms with E-state index in [0.717, 1.165) is 207 Å². The van der Waals surface area contributed by atoms with Gasteiger partial charge in [0.05, 0.1) is 52.7 Å². The molecular weight excluding hydrogens is 2080 g/mol. The second-order valence-electron chi connectivity index (χ2n) is 35.2. The van der Waals surface area contributed by atoms with E-state index in [4.69, 9.17) is 82.7 Å². The summed E-state index contributed by atoms with van der Waals surface area (Å²) in [6.07, 6.45) is 13.0. The zero-order chi connectivity index (χ0) is 97.7. The van der Waals surface area contributed by atoms with Gasteiger partial charge in [-0.05, 0) is 312 Å². The number of rotatable bonds is 21. The highest BCUT2D eigenvalue weighted by atomic mass is 79.9. The Kier molecular flexibility index (Phi) is 32.7. The van der Waals surface area contributed by atoms with Crippen molar-refractivity contribution in [3.8, 4) is 28.5 Å². The maximum Gasteiger partial charge on any atom is 0.205 e. The van der Waals surface area contributed by atoms with Crippen molar-refractivity contribution in [2.24, 2.45) is 13.0 Å². The molecule has 20 rings (SSSR count). The monoisotopic (exact) mass is 2170 g/mol. The van der Waals surface area contributed by atoms with E-state index >= 15 is 0 Å². The number of methoxy groups -OCH3 is 1. The summed E-state index contributed by atoms with van der Waals surface area (Å²) < 4.78 is 130. The topological polar surface area (TPSA) is 84.4 Å². The Hall–Kier alpha value is -9.54. The number of thioether (sulfide) groups is 4. The van der Waals surface area contributed by atoms with Crippen LogP contribution < -0.4 is 9.30 Å². The highest BCUT2D eigenvalue weighted by molar-refractivity contribution is 9.11. The number of hydrogen-bond donors (Lipinski definition) is 0. The Labute approximate surface area is 862 Å². The molecule has 29 heteroatoms. The third-order valence-electron chi connectivity index (χ3n) is 25.7. The van der Waals surface area contributed by atoms with Gasteiger partial charge >= 0.3 is 0 Å². The molecule has 0 fully saturated rings. The predicted octanol–water partition coefficient (Wildman–Crippen LogP) is 32.7. The summed E-state index contributed by atoms with van der Waals surface area (Å²) in [6.45, 7) is 10.3. The van der Waals surface area contributed by atoms with Crippen LogP contribution in [0.15, 0.2) is 266 Å². The molecule has 714 valence electrons. The van der Waals surface area contributed by atoms with Gasteiger partial charge in [-0.25, -0.2) is 50.8 Å². The lowest BCUT2D eigenvalue weighted by Crippen LogP contribution is -2.29. The predicted molar refractivity (Wildman–Crippen MR) is 554 cm³/mol. The molecule has 16 aromatic rings. The van der Waals surface area contributed by atoms with E-state index in [1.807, 2.05) is 80.8 Å². The van der Waals surface area contributed by atoms with Crippen molar-refractivity contribution in [1.29, 1.82) is 0 Å². The minimum atomic E-state index is -0.598. The van der Waals surface area contributed by atoms with Gasteiger partial charge in [-0.3, -0.25) is 18.3 Å². The number of nitrogens with zero attached hydrogens (tertiary/aromatic N) is 9. The zero-order valence-corrected chi connectivity index (χ0v) is 87.0. The van der Waals surface area contributed by atoms with Crippen LogP contribution in [-0.4, -0.2) is 45.3 Å². The van der Waals surface area contributed by atoms with E-state index < -0.39 is 11.6 Å². The summed E-state index contributed by atoms with van der Waals surface area (Å²) in [7, 11) is 3.26. The number of halogens is 15. The normalized spacial score (nSPS) is 15.8. The highest BCUT2D eigenvalue weighted by Gasteiger charge is 2.38. The molecule has 0 aliphatic heterocycles.